The number of anilines is 1. The van der Waals surface area contributed by atoms with Crippen LogP contribution >= 0.6 is 0 Å². The zero-order valence-corrected chi connectivity index (χ0v) is 9.51. The lowest BCUT2D eigenvalue weighted by molar-refractivity contribution is -0.384. The molecule has 0 saturated heterocycles. The highest BCUT2D eigenvalue weighted by Crippen LogP contribution is 2.25. The van der Waals surface area contributed by atoms with Crippen LogP contribution in [-0.4, -0.2) is 29.7 Å². The van der Waals surface area contributed by atoms with E-state index < -0.39 is 4.92 Å². The molecule has 1 aromatic rings. The van der Waals surface area contributed by atoms with Gasteiger partial charge in [0.2, 0.25) is 5.82 Å². The van der Waals surface area contributed by atoms with E-state index in [1.165, 1.54) is 12.3 Å². The van der Waals surface area contributed by atoms with Gasteiger partial charge in [-0.25, -0.2) is 4.98 Å². The van der Waals surface area contributed by atoms with Crippen LogP contribution in [0.15, 0.2) is 12.3 Å². The summed E-state index contributed by atoms with van der Waals surface area (Å²) in [5, 5.41) is 22.4. The van der Waals surface area contributed by atoms with Gasteiger partial charge in [0.25, 0.3) is 0 Å². The maximum atomic E-state index is 10.9. The van der Waals surface area contributed by atoms with Gasteiger partial charge in [0, 0.05) is 19.9 Å². The zero-order chi connectivity index (χ0) is 12.8. The molecule has 0 bridgehead atoms. The van der Waals surface area contributed by atoms with Gasteiger partial charge >= 0.3 is 5.69 Å². The molecule has 1 unspecified atom stereocenters. The van der Waals surface area contributed by atoms with E-state index in [-0.39, 0.29) is 23.2 Å². The van der Waals surface area contributed by atoms with Gasteiger partial charge in [0.15, 0.2) is 0 Å². The molecular weight excluding hydrogens is 224 g/mol. The Balaban J connectivity index is 2.99. The lowest BCUT2D eigenvalue weighted by Crippen LogP contribution is -2.19. The highest BCUT2D eigenvalue weighted by atomic mass is 16.6. The van der Waals surface area contributed by atoms with Crippen LogP contribution in [0.2, 0.25) is 0 Å². The summed E-state index contributed by atoms with van der Waals surface area (Å²) in [5.41, 5.74) is -0.323. The van der Waals surface area contributed by atoms with E-state index in [2.05, 4.69) is 10.3 Å². The van der Waals surface area contributed by atoms with Gasteiger partial charge in [0.1, 0.15) is 11.6 Å². The molecule has 0 aliphatic carbocycles. The summed E-state index contributed by atoms with van der Waals surface area (Å²) in [5.74, 6) is 0.0814. The standard InChI is InChI=1S/C10H12N4O3/c1-7(17-2)6-13-10-9(14(15)16)8(5-11)3-4-12-10/h3-4,7H,6H2,1-2H3,(H,12,13). The van der Waals surface area contributed by atoms with Gasteiger partial charge < -0.3 is 10.1 Å². The summed E-state index contributed by atoms with van der Waals surface area (Å²) in [7, 11) is 1.54. The minimum atomic E-state index is -0.620. The minimum absolute atomic E-state index is 0.0161. The van der Waals surface area contributed by atoms with Crippen molar-refractivity contribution in [2.75, 3.05) is 19.0 Å². The third-order valence-electron chi connectivity index (χ3n) is 2.19. The summed E-state index contributed by atoms with van der Waals surface area (Å²) in [6, 6.07) is 3.07. The Labute approximate surface area is 98.2 Å². The Morgan fingerprint density at radius 3 is 3.00 bits per heavy atom. The van der Waals surface area contributed by atoms with Crippen molar-refractivity contribution in [1.29, 1.82) is 5.26 Å². The van der Waals surface area contributed by atoms with Crippen LogP contribution in [0.4, 0.5) is 11.5 Å². The van der Waals surface area contributed by atoms with Crippen LogP contribution in [0.5, 0.6) is 0 Å². The Hall–Kier alpha value is -2.20. The molecule has 0 aliphatic rings. The molecule has 1 rings (SSSR count). The number of pyridine rings is 1. The van der Waals surface area contributed by atoms with E-state index in [0.717, 1.165) is 0 Å². The molecule has 0 fully saturated rings. The number of methoxy groups -OCH3 is 1. The highest BCUT2D eigenvalue weighted by Gasteiger charge is 2.21. The fourth-order valence-corrected chi connectivity index (χ4v) is 1.18. The molecule has 1 heterocycles. The molecule has 0 aliphatic heterocycles. The molecule has 0 spiro atoms. The smallest absolute Gasteiger partial charge is 0.328 e. The first-order valence-electron chi connectivity index (χ1n) is 4.90. The SMILES string of the molecule is COC(C)CNc1nccc(C#N)c1[N+](=O)[O-]. The van der Waals surface area contributed by atoms with Crippen molar-refractivity contribution in [1.82, 2.24) is 4.98 Å². The number of nitro groups is 1. The number of nitrogens with zero attached hydrogens (tertiary/aromatic N) is 3. The number of aromatic nitrogens is 1. The van der Waals surface area contributed by atoms with Gasteiger partial charge in [-0.15, -0.1) is 0 Å². The van der Waals surface area contributed by atoms with Gasteiger partial charge in [-0.1, -0.05) is 0 Å². The van der Waals surface area contributed by atoms with Crippen molar-refractivity contribution in [2.24, 2.45) is 0 Å². The highest BCUT2D eigenvalue weighted by molar-refractivity contribution is 5.64. The molecule has 0 aromatic carbocycles. The van der Waals surface area contributed by atoms with E-state index in [0.29, 0.717) is 6.54 Å². The third kappa shape index (κ3) is 3.12. The van der Waals surface area contributed by atoms with E-state index in [9.17, 15) is 10.1 Å². The first kappa shape index (κ1) is 12.9. The van der Waals surface area contributed by atoms with Crippen molar-refractivity contribution < 1.29 is 9.66 Å². The van der Waals surface area contributed by atoms with Crippen molar-refractivity contribution in [3.8, 4) is 6.07 Å². The molecule has 0 amide bonds. The minimum Gasteiger partial charge on any atom is -0.380 e. The number of hydrogen-bond donors (Lipinski definition) is 1. The largest absolute Gasteiger partial charge is 0.380 e. The first-order chi connectivity index (χ1) is 8.10. The normalized spacial score (nSPS) is 11.6. The summed E-state index contributed by atoms with van der Waals surface area (Å²) in [6.45, 7) is 2.19. The van der Waals surface area contributed by atoms with Crippen LogP contribution in [0.25, 0.3) is 0 Å². The molecule has 1 N–H and O–H groups in total. The van der Waals surface area contributed by atoms with Crippen molar-refractivity contribution in [3.05, 3.63) is 27.9 Å². The maximum Gasteiger partial charge on any atom is 0.328 e. The van der Waals surface area contributed by atoms with Crippen molar-refractivity contribution in [3.63, 3.8) is 0 Å². The lowest BCUT2D eigenvalue weighted by Gasteiger charge is -2.11. The molecule has 7 nitrogen and oxygen atoms in total. The Morgan fingerprint density at radius 2 is 2.47 bits per heavy atom. The third-order valence-corrected chi connectivity index (χ3v) is 2.19. The monoisotopic (exact) mass is 236 g/mol. The summed E-state index contributed by atoms with van der Waals surface area (Å²) < 4.78 is 5.00. The molecule has 1 aromatic heterocycles. The topological polar surface area (TPSA) is 101 Å². The van der Waals surface area contributed by atoms with Crippen LogP contribution in [-0.2, 0) is 4.74 Å². The van der Waals surface area contributed by atoms with E-state index >= 15 is 0 Å². The zero-order valence-electron chi connectivity index (χ0n) is 9.51. The number of nitriles is 1. The van der Waals surface area contributed by atoms with Crippen LogP contribution in [0.1, 0.15) is 12.5 Å². The predicted molar refractivity (Wildman–Crippen MR) is 60.6 cm³/mol. The van der Waals surface area contributed by atoms with Gasteiger partial charge in [-0.2, -0.15) is 5.26 Å². The Kier molecular flexibility index (Phi) is 4.37. The fraction of sp³-hybridized carbons (Fsp3) is 0.400. The van der Waals surface area contributed by atoms with Gasteiger partial charge in [-0.05, 0) is 13.0 Å². The molecule has 7 heteroatoms. The quantitative estimate of drug-likeness (QED) is 0.610. The van der Waals surface area contributed by atoms with Gasteiger partial charge in [0.05, 0.1) is 11.0 Å². The van der Waals surface area contributed by atoms with Gasteiger partial charge in [-0.3, -0.25) is 10.1 Å². The fourth-order valence-electron chi connectivity index (χ4n) is 1.18. The first-order valence-corrected chi connectivity index (χ1v) is 4.90. The maximum absolute atomic E-state index is 10.9. The molecule has 90 valence electrons. The molecule has 0 saturated carbocycles. The van der Waals surface area contributed by atoms with Crippen LogP contribution in [0, 0.1) is 21.4 Å². The second kappa shape index (κ2) is 5.77. The number of ether oxygens (including phenoxy) is 1. The number of hydrogen-bond acceptors (Lipinski definition) is 6. The molecule has 1 atom stereocenters. The Morgan fingerprint density at radius 1 is 1.76 bits per heavy atom. The van der Waals surface area contributed by atoms with Crippen LogP contribution < -0.4 is 5.32 Å². The number of rotatable bonds is 5. The van der Waals surface area contributed by atoms with Crippen LogP contribution in [0.3, 0.4) is 0 Å². The van der Waals surface area contributed by atoms with Crippen molar-refractivity contribution >= 4 is 11.5 Å². The van der Waals surface area contributed by atoms with E-state index in [1.807, 2.05) is 6.92 Å². The summed E-state index contributed by atoms with van der Waals surface area (Å²) in [4.78, 5) is 14.1. The molecule has 17 heavy (non-hydrogen) atoms. The summed E-state index contributed by atoms with van der Waals surface area (Å²) in [6.07, 6.45) is 1.24. The summed E-state index contributed by atoms with van der Waals surface area (Å²) >= 11 is 0. The predicted octanol–water partition coefficient (Wildman–Crippen LogP) is 1.31. The average molecular weight is 236 g/mol. The second-order valence-corrected chi connectivity index (χ2v) is 3.35. The van der Waals surface area contributed by atoms with E-state index in [1.54, 1.807) is 13.2 Å². The average Bonchev–Trinajstić information content (AvgIpc) is 2.34. The van der Waals surface area contributed by atoms with Crippen molar-refractivity contribution in [2.45, 2.75) is 13.0 Å². The number of nitrogens with one attached hydrogen (secondary N) is 1. The Bertz CT molecular complexity index is 455. The second-order valence-electron chi connectivity index (χ2n) is 3.35. The lowest BCUT2D eigenvalue weighted by atomic mass is 10.2. The van der Waals surface area contributed by atoms with E-state index in [4.69, 9.17) is 10.00 Å². The molecular formula is C10H12N4O3. The molecule has 0 radical (unpaired) electrons.